The molecular formula is C22H30N4O2S. The van der Waals surface area contributed by atoms with E-state index in [9.17, 15) is 4.79 Å². The van der Waals surface area contributed by atoms with Crippen molar-refractivity contribution in [1.82, 2.24) is 19.6 Å². The molecule has 1 aromatic carbocycles. The zero-order chi connectivity index (χ0) is 20.2. The average Bonchev–Trinajstić information content (AvgIpc) is 3.19. The van der Waals surface area contributed by atoms with Gasteiger partial charge in [0.1, 0.15) is 0 Å². The number of nitrogens with zero attached hydrogens (tertiary/aromatic N) is 4. The maximum Gasteiger partial charge on any atom is 0.254 e. The fourth-order valence-electron chi connectivity index (χ4n) is 4.42. The van der Waals surface area contributed by atoms with Gasteiger partial charge in [0.05, 0.1) is 24.9 Å². The number of rotatable bonds is 5. The van der Waals surface area contributed by atoms with Crippen LogP contribution in [0.5, 0.6) is 0 Å². The highest BCUT2D eigenvalue weighted by atomic mass is 32.2. The Kier molecular flexibility index (Phi) is 6.57. The molecule has 0 unspecified atom stereocenters. The van der Waals surface area contributed by atoms with Crippen LogP contribution in [0.2, 0.25) is 0 Å². The first-order chi connectivity index (χ1) is 14.2. The average molecular weight is 415 g/mol. The molecule has 2 saturated heterocycles. The number of aryl methyl sites for hydroxylation is 1. The summed E-state index contributed by atoms with van der Waals surface area (Å²) in [6, 6.07) is 7.78. The third-order valence-corrected chi connectivity index (χ3v) is 6.61. The van der Waals surface area contributed by atoms with Gasteiger partial charge in [-0.15, -0.1) is 11.8 Å². The number of aromatic nitrogens is 2. The summed E-state index contributed by atoms with van der Waals surface area (Å²) in [4.78, 5) is 19.1. The Balaban J connectivity index is 1.62. The van der Waals surface area contributed by atoms with E-state index in [-0.39, 0.29) is 18.1 Å². The zero-order valence-electron chi connectivity index (χ0n) is 17.3. The lowest BCUT2D eigenvalue weighted by atomic mass is 9.98. The summed E-state index contributed by atoms with van der Waals surface area (Å²) in [6.07, 6.45) is 9.68. The van der Waals surface area contributed by atoms with Crippen LogP contribution in [0.15, 0.2) is 41.6 Å². The number of hydrogen-bond donors (Lipinski definition) is 0. The van der Waals surface area contributed by atoms with E-state index in [2.05, 4.69) is 10.00 Å². The number of carbonyl (C=O) groups is 1. The van der Waals surface area contributed by atoms with Crippen molar-refractivity contribution in [2.75, 3.05) is 39.0 Å². The number of morpholine rings is 1. The Labute approximate surface area is 177 Å². The van der Waals surface area contributed by atoms with Crippen LogP contribution in [-0.4, -0.2) is 70.6 Å². The highest BCUT2D eigenvalue weighted by Crippen LogP contribution is 2.32. The first-order valence-electron chi connectivity index (χ1n) is 10.4. The number of thioether (sulfide) groups is 1. The van der Waals surface area contributed by atoms with Crippen molar-refractivity contribution in [2.24, 2.45) is 7.05 Å². The zero-order valence-corrected chi connectivity index (χ0v) is 18.1. The minimum atomic E-state index is -0.121. The second-order valence-corrected chi connectivity index (χ2v) is 8.77. The van der Waals surface area contributed by atoms with E-state index in [1.165, 1.54) is 19.3 Å². The molecule has 1 amide bonds. The number of piperidine rings is 1. The summed E-state index contributed by atoms with van der Waals surface area (Å²) in [6.45, 7) is 4.25. The van der Waals surface area contributed by atoms with Crippen LogP contribution in [-0.2, 0) is 11.8 Å². The molecule has 2 fully saturated rings. The Morgan fingerprint density at radius 2 is 2.07 bits per heavy atom. The predicted molar refractivity (Wildman–Crippen MR) is 115 cm³/mol. The van der Waals surface area contributed by atoms with Crippen LogP contribution in [0.4, 0.5) is 0 Å². The largest absolute Gasteiger partial charge is 0.373 e. The maximum atomic E-state index is 13.5. The predicted octanol–water partition coefficient (Wildman–Crippen LogP) is 3.21. The first-order valence-corrected chi connectivity index (χ1v) is 11.7. The van der Waals surface area contributed by atoms with Gasteiger partial charge in [-0.3, -0.25) is 9.48 Å². The molecule has 2 aromatic rings. The lowest BCUT2D eigenvalue weighted by molar-refractivity contribution is -0.0741. The third-order valence-electron chi connectivity index (χ3n) is 5.88. The van der Waals surface area contributed by atoms with Crippen LogP contribution >= 0.6 is 11.8 Å². The summed E-state index contributed by atoms with van der Waals surface area (Å²) in [5.41, 5.74) is 1.79. The minimum absolute atomic E-state index is 0.0428. The number of amides is 1. The highest BCUT2D eigenvalue weighted by Gasteiger charge is 2.38. The van der Waals surface area contributed by atoms with E-state index < -0.39 is 0 Å². The monoisotopic (exact) mass is 414 g/mol. The highest BCUT2D eigenvalue weighted by molar-refractivity contribution is 7.98. The Bertz CT molecular complexity index is 834. The van der Waals surface area contributed by atoms with Crippen molar-refractivity contribution in [1.29, 1.82) is 0 Å². The molecule has 7 heteroatoms. The maximum absolute atomic E-state index is 13.5. The van der Waals surface area contributed by atoms with E-state index in [1.54, 1.807) is 16.4 Å². The van der Waals surface area contributed by atoms with E-state index in [4.69, 9.17) is 4.74 Å². The van der Waals surface area contributed by atoms with Crippen LogP contribution in [0.3, 0.4) is 0 Å². The van der Waals surface area contributed by atoms with Crippen LogP contribution in [0.25, 0.3) is 0 Å². The molecule has 0 saturated carbocycles. The quantitative estimate of drug-likeness (QED) is 0.703. The Morgan fingerprint density at radius 3 is 2.79 bits per heavy atom. The molecule has 1 aromatic heterocycles. The van der Waals surface area contributed by atoms with Gasteiger partial charge in [-0.2, -0.15) is 5.10 Å². The molecule has 0 radical (unpaired) electrons. The third kappa shape index (κ3) is 4.68. The van der Waals surface area contributed by atoms with Gasteiger partial charge in [0.2, 0.25) is 0 Å². The van der Waals surface area contributed by atoms with Gasteiger partial charge in [0.15, 0.2) is 0 Å². The molecule has 0 N–H and O–H groups in total. The SMILES string of the molecule is CSc1cccc(C(=O)N2CCO[C@@H](CN3CCCCC3)[C@@H]2c2cnn(C)c2)c1. The molecule has 29 heavy (non-hydrogen) atoms. The molecule has 0 aliphatic carbocycles. The fourth-order valence-corrected chi connectivity index (χ4v) is 4.88. The number of likely N-dealkylation sites (tertiary alicyclic amines) is 1. The molecule has 2 atom stereocenters. The first kappa shape index (κ1) is 20.4. The van der Waals surface area contributed by atoms with Crippen LogP contribution in [0.1, 0.15) is 41.2 Å². The van der Waals surface area contributed by atoms with Crippen molar-refractivity contribution in [3.8, 4) is 0 Å². The van der Waals surface area contributed by atoms with E-state index in [0.29, 0.717) is 13.2 Å². The second kappa shape index (κ2) is 9.32. The van der Waals surface area contributed by atoms with Crippen molar-refractivity contribution in [2.45, 2.75) is 36.3 Å². The molecule has 0 spiro atoms. The minimum Gasteiger partial charge on any atom is -0.373 e. The number of ether oxygens (including phenoxy) is 1. The Morgan fingerprint density at radius 1 is 1.24 bits per heavy atom. The molecule has 3 heterocycles. The van der Waals surface area contributed by atoms with Gasteiger partial charge >= 0.3 is 0 Å². The smallest absolute Gasteiger partial charge is 0.254 e. The van der Waals surface area contributed by atoms with Crippen LogP contribution < -0.4 is 0 Å². The van der Waals surface area contributed by atoms with Gasteiger partial charge in [-0.05, 0) is 50.4 Å². The van der Waals surface area contributed by atoms with E-state index in [1.807, 2.05) is 54.9 Å². The summed E-state index contributed by atoms with van der Waals surface area (Å²) in [5.74, 6) is 0.0710. The lowest BCUT2D eigenvalue weighted by Gasteiger charge is -2.43. The summed E-state index contributed by atoms with van der Waals surface area (Å²) in [7, 11) is 1.92. The summed E-state index contributed by atoms with van der Waals surface area (Å²) < 4.78 is 8.05. The molecule has 0 bridgehead atoms. The number of carbonyl (C=O) groups excluding carboxylic acids is 1. The standard InChI is InChI=1S/C22H30N4O2S/c1-24-15-18(14-23-24)21-20(16-25-9-4-3-5-10-25)28-12-11-26(21)22(27)17-7-6-8-19(13-17)29-2/h6-8,13-15,20-21H,3-5,9-12,16H2,1-2H3/t20-,21-/m0/s1. The number of benzene rings is 1. The Hall–Kier alpha value is -1.83. The summed E-state index contributed by atoms with van der Waals surface area (Å²) >= 11 is 1.66. The molecule has 156 valence electrons. The molecule has 4 rings (SSSR count). The second-order valence-electron chi connectivity index (χ2n) is 7.89. The lowest BCUT2D eigenvalue weighted by Crippen LogP contribution is -2.52. The van der Waals surface area contributed by atoms with Crippen molar-refractivity contribution in [3.05, 3.63) is 47.8 Å². The molecular weight excluding hydrogens is 384 g/mol. The van der Waals surface area contributed by atoms with Gasteiger partial charge in [0.25, 0.3) is 5.91 Å². The van der Waals surface area contributed by atoms with E-state index in [0.717, 1.165) is 35.7 Å². The van der Waals surface area contributed by atoms with Gasteiger partial charge in [-0.1, -0.05) is 12.5 Å². The van der Waals surface area contributed by atoms with Gasteiger partial charge < -0.3 is 14.5 Å². The molecule has 6 nitrogen and oxygen atoms in total. The van der Waals surface area contributed by atoms with Gasteiger partial charge in [0, 0.05) is 42.4 Å². The molecule has 2 aliphatic heterocycles. The van der Waals surface area contributed by atoms with Crippen molar-refractivity contribution >= 4 is 17.7 Å². The van der Waals surface area contributed by atoms with E-state index >= 15 is 0 Å². The topological polar surface area (TPSA) is 50.6 Å². The summed E-state index contributed by atoms with van der Waals surface area (Å²) in [5, 5.41) is 4.37. The van der Waals surface area contributed by atoms with Gasteiger partial charge in [-0.25, -0.2) is 0 Å². The fraction of sp³-hybridized carbons (Fsp3) is 0.545. The molecule has 2 aliphatic rings. The van der Waals surface area contributed by atoms with Crippen LogP contribution in [0, 0.1) is 0 Å². The normalized spacial score (nSPS) is 23.3. The van der Waals surface area contributed by atoms with Crippen molar-refractivity contribution < 1.29 is 9.53 Å². The van der Waals surface area contributed by atoms with Crippen molar-refractivity contribution in [3.63, 3.8) is 0 Å². The number of hydrogen-bond acceptors (Lipinski definition) is 5.